The van der Waals surface area contributed by atoms with Crippen molar-refractivity contribution in [2.45, 2.75) is 46.3 Å². The average Bonchev–Trinajstić information content (AvgIpc) is 2.29. The molecule has 0 saturated heterocycles. The van der Waals surface area contributed by atoms with Crippen LogP contribution in [0.25, 0.3) is 0 Å². The molecule has 3 nitrogen and oxygen atoms in total. The second-order valence-corrected chi connectivity index (χ2v) is 5.33. The van der Waals surface area contributed by atoms with Gasteiger partial charge < -0.3 is 9.64 Å². The minimum atomic E-state index is -0.443. The van der Waals surface area contributed by atoms with Gasteiger partial charge >= 0.3 is 5.97 Å². The van der Waals surface area contributed by atoms with Crippen molar-refractivity contribution < 1.29 is 9.53 Å². The number of carbonyl (C=O) groups is 1. The van der Waals surface area contributed by atoms with Crippen LogP contribution in [0, 0.1) is 0 Å². The lowest BCUT2D eigenvalue weighted by Crippen LogP contribution is -2.42. The van der Waals surface area contributed by atoms with Crippen LogP contribution in [-0.4, -0.2) is 24.2 Å². The standard InChI is InChI=1S/C15H23NO2/c1-6-16(13-10-8-7-9-11-13)12(2)14(17)18-15(3,4)5/h7-12H,6H2,1-5H3. The van der Waals surface area contributed by atoms with Crippen LogP contribution < -0.4 is 4.90 Å². The molecular weight excluding hydrogens is 226 g/mol. The Morgan fingerprint density at radius 3 is 2.28 bits per heavy atom. The Balaban J connectivity index is 2.80. The van der Waals surface area contributed by atoms with Crippen molar-refractivity contribution in [1.29, 1.82) is 0 Å². The van der Waals surface area contributed by atoms with Gasteiger partial charge in [-0.3, -0.25) is 0 Å². The van der Waals surface area contributed by atoms with E-state index in [2.05, 4.69) is 0 Å². The molecule has 0 aliphatic rings. The molecule has 0 aromatic heterocycles. The van der Waals surface area contributed by atoms with E-state index in [-0.39, 0.29) is 12.0 Å². The Morgan fingerprint density at radius 1 is 1.28 bits per heavy atom. The van der Waals surface area contributed by atoms with E-state index in [1.807, 2.05) is 69.9 Å². The third-order valence-electron chi connectivity index (χ3n) is 2.64. The van der Waals surface area contributed by atoms with Gasteiger partial charge in [-0.2, -0.15) is 0 Å². The zero-order valence-electron chi connectivity index (χ0n) is 11.9. The van der Waals surface area contributed by atoms with E-state index in [9.17, 15) is 4.79 Å². The predicted molar refractivity (Wildman–Crippen MR) is 74.8 cm³/mol. The molecule has 0 spiro atoms. The summed E-state index contributed by atoms with van der Waals surface area (Å²) < 4.78 is 5.42. The highest BCUT2D eigenvalue weighted by Crippen LogP contribution is 2.18. The Morgan fingerprint density at radius 2 is 1.83 bits per heavy atom. The van der Waals surface area contributed by atoms with E-state index in [1.165, 1.54) is 0 Å². The fourth-order valence-corrected chi connectivity index (χ4v) is 1.81. The number of benzene rings is 1. The fraction of sp³-hybridized carbons (Fsp3) is 0.533. The molecule has 18 heavy (non-hydrogen) atoms. The van der Waals surface area contributed by atoms with E-state index in [0.29, 0.717) is 0 Å². The molecule has 0 fully saturated rings. The molecule has 0 amide bonds. The molecule has 1 aromatic carbocycles. The number of hydrogen-bond acceptors (Lipinski definition) is 3. The number of esters is 1. The topological polar surface area (TPSA) is 29.5 Å². The first-order valence-electron chi connectivity index (χ1n) is 6.39. The third kappa shape index (κ3) is 4.06. The summed E-state index contributed by atoms with van der Waals surface area (Å²) in [6, 6.07) is 9.64. The summed E-state index contributed by atoms with van der Waals surface area (Å²) in [6.07, 6.45) is 0. The van der Waals surface area contributed by atoms with Gasteiger partial charge in [-0.05, 0) is 46.8 Å². The van der Waals surface area contributed by atoms with Crippen LogP contribution in [0.1, 0.15) is 34.6 Å². The lowest BCUT2D eigenvalue weighted by Gasteiger charge is -2.31. The Bertz CT molecular complexity index is 381. The predicted octanol–water partition coefficient (Wildman–Crippen LogP) is 3.24. The third-order valence-corrected chi connectivity index (χ3v) is 2.64. The van der Waals surface area contributed by atoms with Gasteiger partial charge in [0, 0.05) is 12.2 Å². The molecule has 0 bridgehead atoms. The zero-order chi connectivity index (χ0) is 13.8. The van der Waals surface area contributed by atoms with Crippen molar-refractivity contribution in [2.24, 2.45) is 0 Å². The van der Waals surface area contributed by atoms with Gasteiger partial charge in [-0.1, -0.05) is 18.2 Å². The highest BCUT2D eigenvalue weighted by Gasteiger charge is 2.25. The number of likely N-dealkylation sites (N-methyl/N-ethyl adjacent to an activating group) is 1. The molecule has 0 saturated carbocycles. The molecule has 3 heteroatoms. The van der Waals surface area contributed by atoms with Crippen LogP contribution in [0.2, 0.25) is 0 Å². The smallest absolute Gasteiger partial charge is 0.328 e. The van der Waals surface area contributed by atoms with Crippen molar-refractivity contribution in [3.63, 3.8) is 0 Å². The van der Waals surface area contributed by atoms with Gasteiger partial charge in [0.15, 0.2) is 0 Å². The van der Waals surface area contributed by atoms with Crippen LogP contribution in [0.5, 0.6) is 0 Å². The minimum absolute atomic E-state index is 0.187. The first-order valence-corrected chi connectivity index (χ1v) is 6.39. The van der Waals surface area contributed by atoms with Crippen molar-refractivity contribution in [3.05, 3.63) is 30.3 Å². The summed E-state index contributed by atoms with van der Waals surface area (Å²) in [5.41, 5.74) is 0.597. The second-order valence-electron chi connectivity index (χ2n) is 5.33. The molecule has 1 unspecified atom stereocenters. The van der Waals surface area contributed by atoms with Crippen molar-refractivity contribution >= 4 is 11.7 Å². The van der Waals surface area contributed by atoms with E-state index in [1.54, 1.807) is 0 Å². The normalized spacial score (nSPS) is 12.9. The van der Waals surface area contributed by atoms with Crippen molar-refractivity contribution in [3.8, 4) is 0 Å². The van der Waals surface area contributed by atoms with Crippen molar-refractivity contribution in [1.82, 2.24) is 0 Å². The molecule has 0 radical (unpaired) electrons. The fourth-order valence-electron chi connectivity index (χ4n) is 1.81. The highest BCUT2D eigenvalue weighted by molar-refractivity contribution is 5.80. The van der Waals surface area contributed by atoms with E-state index in [4.69, 9.17) is 4.74 Å². The monoisotopic (exact) mass is 249 g/mol. The molecule has 1 atom stereocenters. The number of rotatable bonds is 4. The summed E-state index contributed by atoms with van der Waals surface area (Å²) >= 11 is 0. The number of anilines is 1. The lowest BCUT2D eigenvalue weighted by molar-refractivity contribution is -0.156. The lowest BCUT2D eigenvalue weighted by atomic mass is 10.1. The van der Waals surface area contributed by atoms with Crippen LogP contribution in [0.4, 0.5) is 5.69 Å². The summed E-state index contributed by atoms with van der Waals surface area (Å²) in [5, 5.41) is 0. The molecule has 0 N–H and O–H groups in total. The number of para-hydroxylation sites is 1. The zero-order valence-corrected chi connectivity index (χ0v) is 11.9. The Kier molecular flexibility index (Phi) is 4.76. The van der Waals surface area contributed by atoms with Gasteiger partial charge in [0.25, 0.3) is 0 Å². The van der Waals surface area contributed by atoms with Gasteiger partial charge in [-0.25, -0.2) is 4.79 Å². The number of ether oxygens (including phenoxy) is 1. The summed E-state index contributed by atoms with van der Waals surface area (Å²) in [4.78, 5) is 14.1. The maximum atomic E-state index is 12.1. The van der Waals surface area contributed by atoms with Crippen LogP contribution in [-0.2, 0) is 9.53 Å². The summed E-state index contributed by atoms with van der Waals surface area (Å²) in [5.74, 6) is -0.187. The number of nitrogens with zero attached hydrogens (tertiary/aromatic N) is 1. The summed E-state index contributed by atoms with van der Waals surface area (Å²) in [6.45, 7) is 10.3. The SMILES string of the molecule is CCN(c1ccccc1)C(C)C(=O)OC(C)(C)C. The molecular formula is C15H23NO2. The van der Waals surface area contributed by atoms with E-state index < -0.39 is 5.60 Å². The summed E-state index contributed by atoms with van der Waals surface area (Å²) in [7, 11) is 0. The number of hydrogen-bond donors (Lipinski definition) is 0. The quantitative estimate of drug-likeness (QED) is 0.767. The Hall–Kier alpha value is -1.51. The molecule has 100 valence electrons. The average molecular weight is 249 g/mol. The number of carbonyl (C=O) groups excluding carboxylic acids is 1. The Labute approximate surface area is 110 Å². The molecule has 1 rings (SSSR count). The van der Waals surface area contributed by atoms with Crippen LogP contribution in [0.15, 0.2) is 30.3 Å². The van der Waals surface area contributed by atoms with Crippen LogP contribution in [0.3, 0.4) is 0 Å². The first kappa shape index (κ1) is 14.6. The highest BCUT2D eigenvalue weighted by atomic mass is 16.6. The second kappa shape index (κ2) is 5.89. The van der Waals surface area contributed by atoms with Crippen molar-refractivity contribution in [2.75, 3.05) is 11.4 Å². The van der Waals surface area contributed by atoms with Gasteiger partial charge in [0.05, 0.1) is 0 Å². The molecule has 0 aliphatic heterocycles. The molecule has 0 heterocycles. The maximum Gasteiger partial charge on any atom is 0.328 e. The van der Waals surface area contributed by atoms with E-state index >= 15 is 0 Å². The van der Waals surface area contributed by atoms with Gasteiger partial charge in [-0.15, -0.1) is 0 Å². The molecule has 0 aliphatic carbocycles. The van der Waals surface area contributed by atoms with E-state index in [0.717, 1.165) is 12.2 Å². The van der Waals surface area contributed by atoms with Gasteiger partial charge in [0.1, 0.15) is 11.6 Å². The minimum Gasteiger partial charge on any atom is -0.458 e. The molecule has 1 aromatic rings. The first-order chi connectivity index (χ1) is 8.35. The maximum absolute atomic E-state index is 12.1. The van der Waals surface area contributed by atoms with Crippen LogP contribution >= 0.6 is 0 Å². The largest absolute Gasteiger partial charge is 0.458 e. The van der Waals surface area contributed by atoms with Gasteiger partial charge in [0.2, 0.25) is 0 Å².